The molecule has 0 saturated carbocycles. The highest BCUT2D eigenvalue weighted by Gasteiger charge is 2.01. The van der Waals surface area contributed by atoms with Gasteiger partial charge in [0, 0.05) is 27.7 Å². The van der Waals surface area contributed by atoms with E-state index in [1.165, 1.54) is 20.5 Å². The van der Waals surface area contributed by atoms with Gasteiger partial charge in [-0.25, -0.2) is 0 Å². The molecular formula is C17H20BrNS. The van der Waals surface area contributed by atoms with Gasteiger partial charge in [0.1, 0.15) is 0 Å². The predicted molar refractivity (Wildman–Crippen MR) is 92.1 cm³/mol. The number of rotatable bonds is 6. The van der Waals surface area contributed by atoms with Crippen LogP contribution >= 0.6 is 27.7 Å². The fourth-order valence-corrected chi connectivity index (χ4v) is 3.32. The van der Waals surface area contributed by atoms with E-state index in [0.29, 0.717) is 6.04 Å². The molecule has 106 valence electrons. The van der Waals surface area contributed by atoms with Crippen molar-refractivity contribution in [2.45, 2.75) is 37.1 Å². The normalized spacial score (nSPS) is 11.0. The van der Waals surface area contributed by atoms with E-state index in [1.54, 1.807) is 0 Å². The van der Waals surface area contributed by atoms with Crippen LogP contribution in [-0.4, -0.2) is 6.04 Å². The van der Waals surface area contributed by atoms with Gasteiger partial charge in [-0.15, -0.1) is 11.8 Å². The molecule has 2 rings (SSSR count). The van der Waals surface area contributed by atoms with Gasteiger partial charge in [-0.1, -0.05) is 60.1 Å². The maximum atomic E-state index is 3.59. The Morgan fingerprint density at radius 1 is 1.05 bits per heavy atom. The van der Waals surface area contributed by atoms with Gasteiger partial charge in [0.25, 0.3) is 0 Å². The van der Waals surface area contributed by atoms with Gasteiger partial charge in [0.15, 0.2) is 0 Å². The van der Waals surface area contributed by atoms with E-state index in [4.69, 9.17) is 0 Å². The van der Waals surface area contributed by atoms with Crippen molar-refractivity contribution in [3.63, 3.8) is 0 Å². The summed E-state index contributed by atoms with van der Waals surface area (Å²) in [7, 11) is 0. The van der Waals surface area contributed by atoms with Crippen LogP contribution in [0.4, 0.5) is 0 Å². The van der Waals surface area contributed by atoms with E-state index < -0.39 is 0 Å². The van der Waals surface area contributed by atoms with Crippen molar-refractivity contribution in [3.8, 4) is 0 Å². The molecule has 2 aromatic rings. The number of halogens is 1. The molecule has 2 aromatic carbocycles. The molecule has 0 spiro atoms. The Morgan fingerprint density at radius 3 is 2.40 bits per heavy atom. The first-order chi connectivity index (χ1) is 9.65. The Labute approximate surface area is 134 Å². The zero-order chi connectivity index (χ0) is 14.4. The molecule has 0 heterocycles. The smallest absolute Gasteiger partial charge is 0.0243 e. The fraction of sp³-hybridized carbons (Fsp3) is 0.294. The van der Waals surface area contributed by atoms with Crippen molar-refractivity contribution in [2.75, 3.05) is 0 Å². The third kappa shape index (κ3) is 4.97. The summed E-state index contributed by atoms with van der Waals surface area (Å²) in [6, 6.07) is 17.7. The van der Waals surface area contributed by atoms with Gasteiger partial charge in [-0.2, -0.15) is 0 Å². The summed E-state index contributed by atoms with van der Waals surface area (Å²) in [5.74, 6) is 0.991. The number of hydrogen-bond acceptors (Lipinski definition) is 2. The van der Waals surface area contributed by atoms with Crippen LogP contribution in [0.15, 0.2) is 57.9 Å². The minimum atomic E-state index is 0.527. The van der Waals surface area contributed by atoms with Crippen molar-refractivity contribution in [1.82, 2.24) is 5.32 Å². The standard InChI is InChI=1S/C17H20BrNS/c1-13(2)19-11-14-7-9-16(10-8-14)20-12-15-5-3-4-6-17(15)18/h3-10,13,19H,11-12H2,1-2H3. The molecule has 0 unspecified atom stereocenters. The summed E-state index contributed by atoms with van der Waals surface area (Å²) in [6.45, 7) is 5.27. The first-order valence-electron chi connectivity index (χ1n) is 6.83. The summed E-state index contributed by atoms with van der Waals surface area (Å²) in [6.07, 6.45) is 0. The molecule has 0 aliphatic rings. The fourth-order valence-electron chi connectivity index (χ4n) is 1.80. The minimum absolute atomic E-state index is 0.527. The quantitative estimate of drug-likeness (QED) is 0.715. The van der Waals surface area contributed by atoms with Crippen LogP contribution < -0.4 is 5.32 Å². The Balaban J connectivity index is 1.89. The van der Waals surface area contributed by atoms with Crippen LogP contribution in [0, 0.1) is 0 Å². The molecule has 1 N–H and O–H groups in total. The lowest BCUT2D eigenvalue weighted by molar-refractivity contribution is 0.588. The van der Waals surface area contributed by atoms with E-state index in [-0.39, 0.29) is 0 Å². The molecule has 0 atom stereocenters. The van der Waals surface area contributed by atoms with Crippen LogP contribution in [0.2, 0.25) is 0 Å². The number of thioether (sulfide) groups is 1. The average molecular weight is 350 g/mol. The highest BCUT2D eigenvalue weighted by Crippen LogP contribution is 2.26. The lowest BCUT2D eigenvalue weighted by Crippen LogP contribution is -2.21. The second-order valence-corrected chi connectivity index (χ2v) is 6.96. The van der Waals surface area contributed by atoms with Crippen LogP contribution in [0.1, 0.15) is 25.0 Å². The Hall–Kier alpha value is -0.770. The molecular weight excluding hydrogens is 330 g/mol. The Morgan fingerprint density at radius 2 is 1.75 bits per heavy atom. The molecule has 0 aliphatic heterocycles. The molecule has 0 saturated heterocycles. The van der Waals surface area contributed by atoms with Gasteiger partial charge in [0.05, 0.1) is 0 Å². The number of hydrogen-bond donors (Lipinski definition) is 1. The van der Waals surface area contributed by atoms with E-state index in [1.807, 2.05) is 11.8 Å². The second kappa shape index (κ2) is 7.87. The minimum Gasteiger partial charge on any atom is -0.310 e. The van der Waals surface area contributed by atoms with Crippen molar-refractivity contribution in [3.05, 3.63) is 64.1 Å². The third-order valence-corrected chi connectivity index (χ3v) is 4.82. The van der Waals surface area contributed by atoms with Gasteiger partial charge >= 0.3 is 0 Å². The van der Waals surface area contributed by atoms with E-state index in [2.05, 4.69) is 83.6 Å². The lowest BCUT2D eigenvalue weighted by atomic mass is 10.2. The number of nitrogens with one attached hydrogen (secondary N) is 1. The van der Waals surface area contributed by atoms with E-state index in [0.717, 1.165) is 12.3 Å². The summed E-state index contributed by atoms with van der Waals surface area (Å²) in [5, 5.41) is 3.43. The summed E-state index contributed by atoms with van der Waals surface area (Å²) in [5.41, 5.74) is 2.67. The van der Waals surface area contributed by atoms with Crippen molar-refractivity contribution in [1.29, 1.82) is 0 Å². The van der Waals surface area contributed by atoms with Crippen LogP contribution in [0.3, 0.4) is 0 Å². The molecule has 20 heavy (non-hydrogen) atoms. The van der Waals surface area contributed by atoms with Crippen LogP contribution in [0.5, 0.6) is 0 Å². The van der Waals surface area contributed by atoms with Crippen LogP contribution in [0.25, 0.3) is 0 Å². The van der Waals surface area contributed by atoms with Crippen molar-refractivity contribution in [2.24, 2.45) is 0 Å². The third-order valence-electron chi connectivity index (χ3n) is 2.99. The summed E-state index contributed by atoms with van der Waals surface area (Å²) >= 11 is 5.46. The maximum absolute atomic E-state index is 3.59. The monoisotopic (exact) mass is 349 g/mol. The van der Waals surface area contributed by atoms with Crippen molar-refractivity contribution < 1.29 is 0 Å². The van der Waals surface area contributed by atoms with Gasteiger partial charge in [-0.05, 0) is 29.3 Å². The van der Waals surface area contributed by atoms with Crippen molar-refractivity contribution >= 4 is 27.7 Å². The second-order valence-electron chi connectivity index (χ2n) is 5.06. The first kappa shape index (κ1) is 15.6. The molecule has 0 bridgehead atoms. The van der Waals surface area contributed by atoms with Crippen LogP contribution in [-0.2, 0) is 12.3 Å². The zero-order valence-corrected chi connectivity index (χ0v) is 14.3. The van der Waals surface area contributed by atoms with Gasteiger partial charge in [0.2, 0.25) is 0 Å². The Bertz CT molecular complexity index is 537. The van der Waals surface area contributed by atoms with E-state index in [9.17, 15) is 0 Å². The molecule has 0 radical (unpaired) electrons. The average Bonchev–Trinajstić information content (AvgIpc) is 2.45. The molecule has 0 amide bonds. The summed E-state index contributed by atoms with van der Waals surface area (Å²) < 4.78 is 1.19. The molecule has 0 aromatic heterocycles. The van der Waals surface area contributed by atoms with E-state index >= 15 is 0 Å². The van der Waals surface area contributed by atoms with Gasteiger partial charge < -0.3 is 5.32 Å². The SMILES string of the molecule is CC(C)NCc1ccc(SCc2ccccc2Br)cc1. The molecule has 1 nitrogen and oxygen atoms in total. The molecule has 0 fully saturated rings. The largest absolute Gasteiger partial charge is 0.310 e. The predicted octanol–water partition coefficient (Wildman–Crippen LogP) is 5.24. The zero-order valence-electron chi connectivity index (χ0n) is 11.9. The molecule has 3 heteroatoms. The highest BCUT2D eigenvalue weighted by atomic mass is 79.9. The molecule has 0 aliphatic carbocycles. The van der Waals surface area contributed by atoms with Gasteiger partial charge in [-0.3, -0.25) is 0 Å². The Kier molecular flexibility index (Phi) is 6.14. The lowest BCUT2D eigenvalue weighted by Gasteiger charge is -2.09. The highest BCUT2D eigenvalue weighted by molar-refractivity contribution is 9.10. The maximum Gasteiger partial charge on any atom is 0.0243 e. The topological polar surface area (TPSA) is 12.0 Å². The number of benzene rings is 2. The first-order valence-corrected chi connectivity index (χ1v) is 8.61. The summed E-state index contributed by atoms with van der Waals surface area (Å²) in [4.78, 5) is 1.31.